The van der Waals surface area contributed by atoms with Crippen molar-refractivity contribution in [2.45, 2.75) is 6.42 Å². The van der Waals surface area contributed by atoms with Crippen LogP contribution in [0, 0.1) is 0 Å². The third-order valence-corrected chi connectivity index (χ3v) is 4.37. The van der Waals surface area contributed by atoms with Gasteiger partial charge in [-0.2, -0.15) is 0 Å². The van der Waals surface area contributed by atoms with E-state index >= 15 is 0 Å². The summed E-state index contributed by atoms with van der Waals surface area (Å²) in [7, 11) is 1.22. The topological polar surface area (TPSA) is 109 Å². The highest BCUT2D eigenvalue weighted by Gasteiger charge is 2.26. The van der Waals surface area contributed by atoms with Gasteiger partial charge < -0.3 is 29.0 Å². The summed E-state index contributed by atoms with van der Waals surface area (Å²) in [5, 5.41) is 29.5. The molecule has 1 aliphatic carbocycles. The summed E-state index contributed by atoms with van der Waals surface area (Å²) in [4.78, 5) is 12.8. The van der Waals surface area contributed by atoms with Crippen molar-refractivity contribution in [2.24, 2.45) is 0 Å². The van der Waals surface area contributed by atoms with E-state index in [2.05, 4.69) is 0 Å². The number of phenolic OH excluding ortho intramolecular Hbond substituents is 1. The summed E-state index contributed by atoms with van der Waals surface area (Å²) < 4.78 is 15.9. The molecule has 1 heterocycles. The molecule has 0 saturated heterocycles. The molecule has 28 heavy (non-hydrogen) atoms. The van der Waals surface area contributed by atoms with E-state index in [1.807, 2.05) is 0 Å². The number of methoxy groups -OCH3 is 2. The van der Waals surface area contributed by atoms with Crippen molar-refractivity contribution in [1.82, 2.24) is 0 Å². The Hall–Kier alpha value is -3.23. The molecule has 0 radical (unpaired) electrons. The maximum Gasteiger partial charge on any atom is 0.488 e. The fourth-order valence-electron chi connectivity index (χ4n) is 2.99. The summed E-state index contributed by atoms with van der Waals surface area (Å²) >= 11 is 0. The van der Waals surface area contributed by atoms with E-state index in [1.54, 1.807) is 36.4 Å². The molecule has 0 aliphatic heterocycles. The molecular weight excluding hydrogens is 363 g/mol. The van der Waals surface area contributed by atoms with Crippen molar-refractivity contribution in [1.29, 1.82) is 0 Å². The highest BCUT2D eigenvalue weighted by molar-refractivity contribution is 6.51. The van der Waals surface area contributed by atoms with Gasteiger partial charge in [0, 0.05) is 0 Å². The lowest BCUT2D eigenvalue weighted by Gasteiger charge is -2.13. The number of hydrogen-bond acceptors (Lipinski definition) is 7. The van der Waals surface area contributed by atoms with Crippen LogP contribution in [0.3, 0.4) is 0 Å². The fraction of sp³-hybridized carbons (Fsp3) is 0.150. The average molecular weight is 382 g/mol. The third-order valence-electron chi connectivity index (χ3n) is 4.37. The molecule has 2 aromatic rings. The monoisotopic (exact) mass is 382 g/mol. The molecule has 1 aromatic heterocycles. The Bertz CT molecular complexity index is 1020. The van der Waals surface area contributed by atoms with Gasteiger partial charge in [0.15, 0.2) is 17.1 Å². The van der Waals surface area contributed by atoms with Crippen LogP contribution < -0.4 is 9.47 Å². The zero-order chi connectivity index (χ0) is 20.3. The van der Waals surface area contributed by atoms with Crippen LogP contribution in [0.1, 0.15) is 16.8 Å². The second kappa shape index (κ2) is 8.20. The zero-order valence-electron chi connectivity index (χ0n) is 15.4. The van der Waals surface area contributed by atoms with Crippen molar-refractivity contribution in [3.8, 4) is 17.2 Å². The van der Waals surface area contributed by atoms with Crippen molar-refractivity contribution < 1.29 is 33.8 Å². The number of furan rings is 1. The first kappa shape index (κ1) is 19.5. The molecule has 0 spiro atoms. The summed E-state index contributed by atoms with van der Waals surface area (Å²) in [6, 6.07) is 1.63. The number of phenols is 1. The van der Waals surface area contributed by atoms with E-state index in [-0.39, 0.29) is 28.4 Å². The first-order chi connectivity index (χ1) is 13.5. The fourth-order valence-corrected chi connectivity index (χ4v) is 2.99. The highest BCUT2D eigenvalue weighted by Crippen LogP contribution is 2.45. The van der Waals surface area contributed by atoms with Gasteiger partial charge in [-0.05, 0) is 29.6 Å². The molecule has 0 saturated carbocycles. The summed E-state index contributed by atoms with van der Waals surface area (Å²) in [5.41, 5.74) is 1.40. The number of fused-ring (bicyclic) bond motifs is 1. The van der Waals surface area contributed by atoms with Gasteiger partial charge in [0.1, 0.15) is 11.3 Å². The van der Waals surface area contributed by atoms with Crippen LogP contribution in [0.4, 0.5) is 0 Å². The molecule has 0 amide bonds. The van der Waals surface area contributed by atoms with Crippen molar-refractivity contribution in [3.63, 3.8) is 0 Å². The smallest absolute Gasteiger partial charge is 0.488 e. The predicted octanol–water partition coefficient (Wildman–Crippen LogP) is 2.72. The Morgan fingerprint density at radius 3 is 2.68 bits per heavy atom. The first-order valence-corrected chi connectivity index (χ1v) is 8.47. The molecule has 7 nitrogen and oxygen atoms in total. The van der Waals surface area contributed by atoms with Crippen LogP contribution >= 0.6 is 0 Å². The summed E-state index contributed by atoms with van der Waals surface area (Å²) in [6.45, 7) is 0. The summed E-state index contributed by atoms with van der Waals surface area (Å²) in [5.74, 6) is -0.594. The van der Waals surface area contributed by atoms with Gasteiger partial charge in [-0.25, -0.2) is 0 Å². The highest BCUT2D eigenvalue weighted by atomic mass is 16.5. The maximum atomic E-state index is 12.8. The van der Waals surface area contributed by atoms with Crippen LogP contribution in [-0.4, -0.2) is 42.3 Å². The molecule has 144 valence electrons. The standard InChI is InChI=1S/C20H19BO7/c1-26-18-14-10-11-28-19(14)20(27-2)17(23)16(18)15(22)9-7-12-4-3-5-13(8-6-12)21(24)25/h3-5,7-11,23-25H,6H2,1-2H3/b9-7+. The number of carbonyl (C=O) groups is 1. The first-order valence-electron chi connectivity index (χ1n) is 8.47. The minimum absolute atomic E-state index is 0.0312. The Kier molecular flexibility index (Phi) is 5.72. The minimum atomic E-state index is -1.55. The van der Waals surface area contributed by atoms with Gasteiger partial charge in [0.2, 0.25) is 5.75 Å². The molecule has 0 bridgehead atoms. The number of ether oxygens (including phenoxy) is 2. The Morgan fingerprint density at radius 2 is 2.00 bits per heavy atom. The lowest BCUT2D eigenvalue weighted by atomic mass is 9.79. The lowest BCUT2D eigenvalue weighted by molar-refractivity contribution is 0.104. The van der Waals surface area contributed by atoms with E-state index in [4.69, 9.17) is 13.9 Å². The maximum absolute atomic E-state index is 12.8. The van der Waals surface area contributed by atoms with E-state index in [1.165, 1.54) is 26.6 Å². The quantitative estimate of drug-likeness (QED) is 0.400. The molecule has 3 N–H and O–H groups in total. The number of carbonyl (C=O) groups excluding carboxylic acids is 1. The lowest BCUT2D eigenvalue weighted by Crippen LogP contribution is -2.13. The predicted molar refractivity (Wildman–Crippen MR) is 105 cm³/mol. The van der Waals surface area contributed by atoms with Gasteiger partial charge in [-0.1, -0.05) is 30.4 Å². The van der Waals surface area contributed by atoms with E-state index in [0.29, 0.717) is 17.3 Å². The molecule has 8 heteroatoms. The molecule has 0 atom stereocenters. The van der Waals surface area contributed by atoms with Crippen LogP contribution in [0.2, 0.25) is 0 Å². The number of benzene rings is 1. The molecule has 1 aromatic carbocycles. The van der Waals surface area contributed by atoms with Crippen LogP contribution in [0.5, 0.6) is 17.2 Å². The average Bonchev–Trinajstić information content (AvgIpc) is 3.02. The Morgan fingerprint density at radius 1 is 1.25 bits per heavy atom. The minimum Gasteiger partial charge on any atom is -0.504 e. The number of ketones is 1. The van der Waals surface area contributed by atoms with Crippen molar-refractivity contribution >= 4 is 23.9 Å². The van der Waals surface area contributed by atoms with Crippen LogP contribution in [0.25, 0.3) is 11.0 Å². The van der Waals surface area contributed by atoms with Gasteiger partial charge in [0.05, 0.1) is 25.9 Å². The number of rotatable bonds is 6. The van der Waals surface area contributed by atoms with Gasteiger partial charge in [-0.15, -0.1) is 0 Å². The zero-order valence-corrected chi connectivity index (χ0v) is 15.4. The number of aromatic hydroxyl groups is 1. The van der Waals surface area contributed by atoms with Gasteiger partial charge in [-0.3, -0.25) is 4.79 Å². The normalized spacial score (nSPS) is 14.0. The molecule has 0 unspecified atom stereocenters. The van der Waals surface area contributed by atoms with E-state index < -0.39 is 12.9 Å². The van der Waals surface area contributed by atoms with Crippen LogP contribution in [-0.2, 0) is 0 Å². The van der Waals surface area contributed by atoms with Gasteiger partial charge in [0.25, 0.3) is 0 Å². The third kappa shape index (κ3) is 3.60. The molecule has 0 fully saturated rings. The number of allylic oxidation sites excluding steroid dienone is 8. The summed E-state index contributed by atoms with van der Waals surface area (Å²) in [6.07, 6.45) is 11.4. The van der Waals surface area contributed by atoms with Crippen LogP contribution in [0.15, 0.2) is 64.2 Å². The SMILES string of the molecule is COc1c(C(=O)/C=C/C2=CC=CC(B(O)O)=CC2)c(O)c(OC)c2occc12. The molecular formula is C20H19BO7. The number of hydrogen-bond donors (Lipinski definition) is 3. The van der Waals surface area contributed by atoms with E-state index in [9.17, 15) is 19.9 Å². The molecule has 3 rings (SSSR count). The molecule has 1 aliphatic rings. The second-order valence-electron chi connectivity index (χ2n) is 6.03. The van der Waals surface area contributed by atoms with Crippen molar-refractivity contribution in [3.05, 3.63) is 65.4 Å². The largest absolute Gasteiger partial charge is 0.504 e. The van der Waals surface area contributed by atoms with E-state index in [0.717, 1.165) is 5.57 Å². The second-order valence-corrected chi connectivity index (χ2v) is 6.03. The van der Waals surface area contributed by atoms with Crippen molar-refractivity contribution in [2.75, 3.05) is 14.2 Å². The Labute approximate surface area is 161 Å². The Balaban J connectivity index is 1.96. The van der Waals surface area contributed by atoms with Gasteiger partial charge >= 0.3 is 7.12 Å².